The number of benzene rings is 2. The number of carbonyl (C=O) groups is 2. The summed E-state index contributed by atoms with van der Waals surface area (Å²) in [5.74, 6) is 0.354. The van der Waals surface area contributed by atoms with Gasteiger partial charge in [0.1, 0.15) is 23.6 Å². The van der Waals surface area contributed by atoms with Crippen LogP contribution in [0.15, 0.2) is 66.6 Å². The number of carbonyl (C=O) groups excluding carboxylic acids is 2. The fourth-order valence-electron chi connectivity index (χ4n) is 4.43. The third kappa shape index (κ3) is 3.27. The Morgan fingerprint density at radius 1 is 1.03 bits per heavy atom. The quantitative estimate of drug-likeness (QED) is 0.497. The van der Waals surface area contributed by atoms with Gasteiger partial charge in [0.25, 0.3) is 0 Å². The number of ether oxygens (including phenoxy) is 3. The average Bonchev–Trinajstić information content (AvgIpc) is 3.13. The Hall–Kier alpha value is -3.54. The zero-order valence-electron chi connectivity index (χ0n) is 18.5. The van der Waals surface area contributed by atoms with Crippen molar-refractivity contribution in [3.05, 3.63) is 77.7 Å². The zero-order chi connectivity index (χ0) is 22.6. The van der Waals surface area contributed by atoms with E-state index in [1.165, 1.54) is 10.8 Å². The van der Waals surface area contributed by atoms with E-state index in [0.29, 0.717) is 16.9 Å². The van der Waals surface area contributed by atoms with Gasteiger partial charge >= 0.3 is 6.09 Å². The first-order valence-corrected chi connectivity index (χ1v) is 10.7. The van der Waals surface area contributed by atoms with Crippen LogP contribution in [0.3, 0.4) is 0 Å². The summed E-state index contributed by atoms with van der Waals surface area (Å²) in [7, 11) is 0. The van der Waals surface area contributed by atoms with Gasteiger partial charge in [0, 0.05) is 23.1 Å². The van der Waals surface area contributed by atoms with E-state index >= 15 is 0 Å². The van der Waals surface area contributed by atoms with Crippen LogP contribution in [0.4, 0.5) is 4.79 Å². The number of hydrogen-bond donors (Lipinski definition) is 0. The number of aromatic nitrogens is 1. The monoisotopic (exact) mass is 431 g/mol. The van der Waals surface area contributed by atoms with E-state index in [9.17, 15) is 9.59 Å². The van der Waals surface area contributed by atoms with Gasteiger partial charge in [-0.1, -0.05) is 37.3 Å². The van der Waals surface area contributed by atoms with E-state index in [4.69, 9.17) is 14.2 Å². The Balaban J connectivity index is 1.55. The fraction of sp³-hybridized carbons (Fsp3) is 0.308. The van der Waals surface area contributed by atoms with E-state index in [-0.39, 0.29) is 11.7 Å². The number of nitrogens with zero attached hydrogens (tertiary/aromatic N) is 1. The maximum atomic E-state index is 13.0. The van der Waals surface area contributed by atoms with Crippen molar-refractivity contribution in [2.75, 3.05) is 0 Å². The normalized spacial score (nSPS) is 22.3. The van der Waals surface area contributed by atoms with Crippen molar-refractivity contribution in [1.29, 1.82) is 0 Å². The highest BCUT2D eigenvalue weighted by atomic mass is 16.6. The van der Waals surface area contributed by atoms with Gasteiger partial charge in [-0.15, -0.1) is 0 Å². The summed E-state index contributed by atoms with van der Waals surface area (Å²) < 4.78 is 19.5. The summed E-state index contributed by atoms with van der Waals surface area (Å²) in [5, 5.41) is 0.898. The van der Waals surface area contributed by atoms with Crippen molar-refractivity contribution in [2.24, 2.45) is 5.92 Å². The summed E-state index contributed by atoms with van der Waals surface area (Å²) in [6.07, 6.45) is 2.03. The summed E-state index contributed by atoms with van der Waals surface area (Å²) in [4.78, 5) is 25.9. The Labute approximate surface area is 186 Å². The molecule has 2 aliphatic heterocycles. The first-order chi connectivity index (χ1) is 15.2. The molecule has 0 saturated carbocycles. The second-order valence-electron chi connectivity index (χ2n) is 9.30. The lowest BCUT2D eigenvalue weighted by atomic mass is 9.82. The van der Waals surface area contributed by atoms with Crippen molar-refractivity contribution < 1.29 is 23.8 Å². The van der Waals surface area contributed by atoms with E-state index in [1.54, 1.807) is 12.3 Å². The van der Waals surface area contributed by atoms with E-state index in [0.717, 1.165) is 16.5 Å². The number of Topliss-reactive ketones (excluding diaryl/α,β-unsaturated/α-hetero) is 1. The molecule has 1 aromatic heterocycles. The molecule has 0 unspecified atom stereocenters. The number of hydrogen-bond acceptors (Lipinski definition) is 5. The maximum Gasteiger partial charge on any atom is 0.419 e. The van der Waals surface area contributed by atoms with Gasteiger partial charge in [-0.25, -0.2) is 4.79 Å². The van der Waals surface area contributed by atoms with Crippen LogP contribution in [0.5, 0.6) is 5.75 Å². The summed E-state index contributed by atoms with van der Waals surface area (Å²) >= 11 is 0. The van der Waals surface area contributed by atoms with Crippen LogP contribution in [0.1, 0.15) is 49.7 Å². The Bertz CT molecular complexity index is 1260. The molecule has 2 aliphatic rings. The van der Waals surface area contributed by atoms with E-state index in [1.807, 2.05) is 70.2 Å². The molecule has 0 amide bonds. The molecule has 5 rings (SSSR count). The van der Waals surface area contributed by atoms with Crippen LogP contribution in [0.25, 0.3) is 10.9 Å². The van der Waals surface area contributed by atoms with Gasteiger partial charge < -0.3 is 14.2 Å². The summed E-state index contributed by atoms with van der Waals surface area (Å²) in [6.45, 7) is 7.52. The smallest absolute Gasteiger partial charge is 0.419 e. The average molecular weight is 431 g/mol. The van der Waals surface area contributed by atoms with Gasteiger partial charge in [0.2, 0.25) is 0 Å². The minimum absolute atomic E-state index is 0.0710. The fourth-order valence-corrected chi connectivity index (χ4v) is 4.43. The lowest BCUT2D eigenvalue weighted by Crippen LogP contribution is -2.41. The standard InChI is InChI=1S/C26H25NO5/c1-15-23(30-14-19-22(28)17-10-6-8-12-21(17)31-24(15)19)18-13-27(25(29)32-26(2,3)4)20-11-7-5-9-16(18)20/h5-15,23-24H,1-4H3/t15-,23+,24-/m0/s1. The molecule has 0 fully saturated rings. The van der Waals surface area contributed by atoms with Crippen molar-refractivity contribution in [3.8, 4) is 5.75 Å². The zero-order valence-corrected chi connectivity index (χ0v) is 18.5. The molecule has 6 nitrogen and oxygen atoms in total. The lowest BCUT2D eigenvalue weighted by molar-refractivity contribution is 0.00879. The second-order valence-corrected chi connectivity index (χ2v) is 9.30. The van der Waals surface area contributed by atoms with Crippen molar-refractivity contribution in [2.45, 2.75) is 45.5 Å². The maximum absolute atomic E-state index is 13.0. The van der Waals surface area contributed by atoms with E-state index < -0.39 is 23.9 Å². The molecular formula is C26H25NO5. The number of para-hydroxylation sites is 2. The molecule has 2 aromatic carbocycles. The third-order valence-corrected chi connectivity index (χ3v) is 5.89. The van der Waals surface area contributed by atoms with Crippen LogP contribution in [-0.4, -0.2) is 28.1 Å². The highest BCUT2D eigenvalue weighted by molar-refractivity contribution is 6.12. The van der Waals surface area contributed by atoms with Crippen LogP contribution < -0.4 is 4.74 Å². The summed E-state index contributed by atoms with van der Waals surface area (Å²) in [5.41, 5.74) is 2.05. The Kier molecular flexibility index (Phi) is 4.62. The van der Waals surface area contributed by atoms with Crippen LogP contribution in [-0.2, 0) is 9.47 Å². The van der Waals surface area contributed by atoms with Crippen molar-refractivity contribution >= 4 is 22.8 Å². The molecule has 0 saturated heterocycles. The topological polar surface area (TPSA) is 66.8 Å². The van der Waals surface area contributed by atoms with Gasteiger partial charge in [0.05, 0.1) is 22.9 Å². The molecule has 6 heteroatoms. The van der Waals surface area contributed by atoms with Crippen molar-refractivity contribution in [3.63, 3.8) is 0 Å². The molecule has 0 aliphatic carbocycles. The van der Waals surface area contributed by atoms with Crippen LogP contribution >= 0.6 is 0 Å². The number of ketones is 1. The number of rotatable bonds is 1. The molecule has 3 atom stereocenters. The molecule has 32 heavy (non-hydrogen) atoms. The van der Waals surface area contributed by atoms with E-state index in [2.05, 4.69) is 0 Å². The predicted molar refractivity (Wildman–Crippen MR) is 120 cm³/mol. The molecule has 3 heterocycles. The lowest BCUT2D eigenvalue weighted by Gasteiger charge is -2.38. The molecule has 164 valence electrons. The summed E-state index contributed by atoms with van der Waals surface area (Å²) in [6, 6.07) is 14.9. The minimum atomic E-state index is -0.613. The Morgan fingerprint density at radius 3 is 2.53 bits per heavy atom. The predicted octanol–water partition coefficient (Wildman–Crippen LogP) is 5.66. The van der Waals surface area contributed by atoms with Gasteiger partial charge in [0.15, 0.2) is 5.78 Å². The first-order valence-electron chi connectivity index (χ1n) is 10.7. The highest BCUT2D eigenvalue weighted by Gasteiger charge is 2.43. The molecule has 0 N–H and O–H groups in total. The van der Waals surface area contributed by atoms with Crippen LogP contribution in [0, 0.1) is 5.92 Å². The largest absolute Gasteiger partial charge is 0.492 e. The highest BCUT2D eigenvalue weighted by Crippen LogP contribution is 2.44. The van der Waals surface area contributed by atoms with Crippen molar-refractivity contribution in [1.82, 2.24) is 4.57 Å². The Morgan fingerprint density at radius 2 is 1.75 bits per heavy atom. The second kappa shape index (κ2) is 7.26. The van der Waals surface area contributed by atoms with Gasteiger partial charge in [-0.3, -0.25) is 9.36 Å². The molecular weight excluding hydrogens is 406 g/mol. The molecule has 0 radical (unpaired) electrons. The first kappa shape index (κ1) is 20.4. The molecule has 0 bridgehead atoms. The van der Waals surface area contributed by atoms with Gasteiger partial charge in [-0.05, 0) is 39.0 Å². The molecule has 3 aromatic rings. The van der Waals surface area contributed by atoms with Crippen LogP contribution in [0.2, 0.25) is 0 Å². The third-order valence-electron chi connectivity index (χ3n) is 5.89. The molecule has 0 spiro atoms. The minimum Gasteiger partial charge on any atom is -0.492 e. The van der Waals surface area contributed by atoms with Gasteiger partial charge in [-0.2, -0.15) is 0 Å². The number of fused-ring (bicyclic) bond motifs is 3. The SMILES string of the molecule is C[C@@H]1[C@@H]2Oc3ccccc3C(=O)C2=CO[C@H]1c1cn(C(=O)OC(C)(C)C)c2ccccc12.